The number of imide groups is 1. The molecule has 0 spiro atoms. The molecule has 6 aromatic rings. The second-order valence-corrected chi connectivity index (χ2v) is 18.7. The molecule has 10 rings (SSSR count). The number of ether oxygens (including phenoxy) is 1. The van der Waals surface area contributed by atoms with Crippen LogP contribution >= 0.6 is 0 Å². The van der Waals surface area contributed by atoms with Crippen molar-refractivity contribution in [2.75, 3.05) is 57.5 Å². The highest BCUT2D eigenvalue weighted by atomic mass is 19.1. The molecule has 3 saturated heterocycles. The van der Waals surface area contributed by atoms with Gasteiger partial charge in [0.15, 0.2) is 11.6 Å². The van der Waals surface area contributed by atoms with E-state index in [9.17, 15) is 23.6 Å². The predicted molar refractivity (Wildman–Crippen MR) is 254 cm³/mol. The number of nitrogens with one attached hydrogen (secondary N) is 3. The fourth-order valence-corrected chi connectivity index (χ4v) is 10.6. The van der Waals surface area contributed by atoms with Crippen LogP contribution in [0, 0.1) is 17.5 Å². The number of carbonyl (C=O) groups is 3. The van der Waals surface area contributed by atoms with E-state index in [0.29, 0.717) is 92.6 Å². The molecule has 3 fully saturated rings. The Kier molecular flexibility index (Phi) is 12.9. The van der Waals surface area contributed by atoms with Crippen molar-refractivity contribution in [1.29, 1.82) is 0 Å². The summed E-state index contributed by atoms with van der Waals surface area (Å²) >= 11 is 0. The van der Waals surface area contributed by atoms with Gasteiger partial charge in [0, 0.05) is 68.6 Å². The first-order valence-corrected chi connectivity index (χ1v) is 23.8. The normalized spacial score (nSPS) is 18.5. The van der Waals surface area contributed by atoms with E-state index in [2.05, 4.69) is 41.8 Å². The molecule has 0 bridgehead atoms. The summed E-state index contributed by atoms with van der Waals surface area (Å²) in [5.41, 5.74) is 4.97. The number of piperidine rings is 3. The highest BCUT2D eigenvalue weighted by Gasteiger charge is 2.32. The number of carbonyl (C=O) groups excluding carboxylic acids is 3. The first-order chi connectivity index (χ1) is 33.8. The van der Waals surface area contributed by atoms with Gasteiger partial charge in [0.25, 0.3) is 5.91 Å². The molecule has 3 N–H and O–H groups in total. The van der Waals surface area contributed by atoms with Crippen LogP contribution in [0.5, 0.6) is 5.75 Å². The maximum absolute atomic E-state index is 15.9. The topological polar surface area (TPSA) is 177 Å². The highest BCUT2D eigenvalue weighted by molar-refractivity contribution is 6.01. The molecule has 17 nitrogen and oxygen atoms in total. The first kappa shape index (κ1) is 46.7. The van der Waals surface area contributed by atoms with Crippen LogP contribution in [0.1, 0.15) is 88.9 Å². The van der Waals surface area contributed by atoms with Gasteiger partial charge in [-0.3, -0.25) is 38.7 Å². The average Bonchev–Trinajstić information content (AvgIpc) is 3.91. The van der Waals surface area contributed by atoms with Gasteiger partial charge in [0.1, 0.15) is 29.1 Å². The molecule has 0 saturated carbocycles. The Morgan fingerprint density at radius 2 is 1.59 bits per heavy atom. The van der Waals surface area contributed by atoms with Crippen molar-refractivity contribution in [3.05, 3.63) is 123 Å². The van der Waals surface area contributed by atoms with Gasteiger partial charge in [-0.05, 0) is 118 Å². The number of hydrogen-bond acceptors (Lipinski definition) is 12. The van der Waals surface area contributed by atoms with Crippen molar-refractivity contribution < 1.29 is 32.3 Å². The number of benzene rings is 2. The zero-order valence-electron chi connectivity index (χ0n) is 39.3. The quantitative estimate of drug-likeness (QED) is 0.133. The number of aryl methyl sites for hydroxylation is 1. The zero-order valence-corrected chi connectivity index (χ0v) is 39.3. The number of hydrogen-bond donors (Lipinski definition) is 3. The number of methoxy groups -OCH3 is 1. The van der Waals surface area contributed by atoms with Crippen LogP contribution in [-0.4, -0.2) is 114 Å². The van der Waals surface area contributed by atoms with Crippen LogP contribution < -0.4 is 26.4 Å². The predicted octanol–water partition coefficient (Wildman–Crippen LogP) is 5.42. The molecule has 0 aliphatic carbocycles. The maximum atomic E-state index is 15.9. The number of fused-ring (bicyclic) bond motifs is 2. The molecule has 8 heterocycles. The van der Waals surface area contributed by atoms with Gasteiger partial charge in [-0.15, -0.1) is 0 Å². The van der Waals surface area contributed by atoms with Crippen molar-refractivity contribution in [2.24, 2.45) is 7.05 Å². The van der Waals surface area contributed by atoms with E-state index in [1.807, 2.05) is 40.6 Å². The Labute approximate surface area is 401 Å². The van der Waals surface area contributed by atoms with Crippen molar-refractivity contribution in [2.45, 2.75) is 82.6 Å². The molecule has 2 aromatic carbocycles. The second kappa shape index (κ2) is 19.4. The standard InChI is InChI=1S/C50H55F3N12O5/c1-54-46-39(53)28-64(50(69)58-46)42-8-13-55-47-36(42)24-34(60(47)2)26-62-16-11-30(12-17-62)45-37(51)20-32(21-38(45)52)49(68)63-18-19-65-35(27-63)23-33(59-65)25-61-14-9-29(10-15-61)31-4-5-40(43(22-31)70-3)56-41-6-7-44(66)57-48(41)67/h4-5,8,13,20-24,28-30,41,56H,6-7,9-12,14-19,25-27H2,1-3H3,(H,54,58,69)(H,57,66,67). The van der Waals surface area contributed by atoms with E-state index < -0.39 is 35.1 Å². The van der Waals surface area contributed by atoms with E-state index >= 15 is 8.78 Å². The van der Waals surface area contributed by atoms with Gasteiger partial charge in [-0.2, -0.15) is 10.1 Å². The number of nitrogens with zero attached hydrogens (tertiary/aromatic N) is 9. The van der Waals surface area contributed by atoms with Crippen LogP contribution in [0.4, 0.5) is 24.7 Å². The van der Waals surface area contributed by atoms with E-state index in [0.717, 1.165) is 53.8 Å². The minimum Gasteiger partial charge on any atom is -0.495 e. The van der Waals surface area contributed by atoms with Gasteiger partial charge < -0.3 is 24.8 Å². The molecule has 4 aliphatic heterocycles. The van der Waals surface area contributed by atoms with Crippen molar-refractivity contribution in [3.63, 3.8) is 0 Å². The van der Waals surface area contributed by atoms with E-state index in [1.165, 1.54) is 24.7 Å². The number of aromatic nitrogens is 6. The lowest BCUT2D eigenvalue weighted by atomic mass is 9.88. The molecular formula is C50H55F3N12O5. The maximum Gasteiger partial charge on any atom is 0.354 e. The Morgan fingerprint density at radius 3 is 2.30 bits per heavy atom. The molecule has 366 valence electrons. The van der Waals surface area contributed by atoms with E-state index in [-0.39, 0.29) is 47.6 Å². The summed E-state index contributed by atoms with van der Waals surface area (Å²) in [6, 6.07) is 13.5. The second-order valence-electron chi connectivity index (χ2n) is 18.7. The summed E-state index contributed by atoms with van der Waals surface area (Å²) in [7, 11) is 4.97. The number of rotatable bonds is 12. The van der Waals surface area contributed by atoms with Crippen molar-refractivity contribution >= 4 is 40.3 Å². The third kappa shape index (κ3) is 9.24. The molecule has 0 radical (unpaired) electrons. The summed E-state index contributed by atoms with van der Waals surface area (Å²) in [5.74, 6) is -2.64. The molecule has 4 aliphatic rings. The molecule has 3 amide bonds. The van der Waals surface area contributed by atoms with Crippen molar-refractivity contribution in [3.8, 4) is 11.4 Å². The average molecular weight is 961 g/mol. The highest BCUT2D eigenvalue weighted by Crippen LogP contribution is 2.37. The third-order valence-electron chi connectivity index (χ3n) is 14.5. The van der Waals surface area contributed by atoms with Crippen molar-refractivity contribution in [1.82, 2.24) is 48.9 Å². The fourth-order valence-electron chi connectivity index (χ4n) is 10.6. The zero-order chi connectivity index (χ0) is 48.8. The summed E-state index contributed by atoms with van der Waals surface area (Å²) in [4.78, 5) is 65.0. The number of pyridine rings is 1. The van der Waals surface area contributed by atoms with Crippen LogP contribution in [0.3, 0.4) is 0 Å². The van der Waals surface area contributed by atoms with Gasteiger partial charge in [0.2, 0.25) is 11.8 Å². The number of likely N-dealkylation sites (tertiary alicyclic amines) is 2. The minimum absolute atomic E-state index is 0.00702. The Hall–Kier alpha value is -7.06. The van der Waals surface area contributed by atoms with Gasteiger partial charge in [-0.25, -0.2) is 22.9 Å². The van der Waals surface area contributed by atoms with Gasteiger partial charge in [0.05, 0.1) is 49.2 Å². The summed E-state index contributed by atoms with van der Waals surface area (Å²) in [6.45, 7) is 5.19. The van der Waals surface area contributed by atoms with Gasteiger partial charge >= 0.3 is 5.69 Å². The molecule has 1 unspecified atom stereocenters. The van der Waals surface area contributed by atoms with Crippen LogP contribution in [0.25, 0.3) is 16.7 Å². The lowest BCUT2D eigenvalue weighted by Crippen LogP contribution is -2.47. The molecule has 70 heavy (non-hydrogen) atoms. The van der Waals surface area contributed by atoms with E-state index in [1.54, 1.807) is 24.3 Å². The molecule has 1 atom stereocenters. The number of amides is 3. The van der Waals surface area contributed by atoms with Gasteiger partial charge in [-0.1, -0.05) is 6.07 Å². The first-order valence-electron chi connectivity index (χ1n) is 23.8. The van der Waals surface area contributed by atoms with Crippen LogP contribution in [0.15, 0.2) is 65.7 Å². The lowest BCUT2D eigenvalue weighted by molar-refractivity contribution is -0.133. The smallest absolute Gasteiger partial charge is 0.354 e. The largest absolute Gasteiger partial charge is 0.495 e. The minimum atomic E-state index is -0.718. The molecular weight excluding hydrogens is 906 g/mol. The Bertz CT molecular complexity index is 3040. The summed E-state index contributed by atoms with van der Waals surface area (Å²) in [6.07, 6.45) is 6.30. The SMILES string of the molecule is CNc1nc(=O)n(-c2ccnc3c2cc(CN2CCC(c4c(F)cc(C(=O)N5CCn6nc(CN7CCC(c8ccc(NC9CCC(=O)NC9=O)c(OC)c8)CC7)cc6C5)cc4F)CC2)n3C)cc1F. The number of halogens is 3. The lowest BCUT2D eigenvalue weighted by Gasteiger charge is -2.32. The Balaban J connectivity index is 0.722. The van der Waals surface area contributed by atoms with Crippen LogP contribution in [0.2, 0.25) is 0 Å². The number of anilines is 2. The fraction of sp³-hybridized carbons (Fsp3) is 0.420. The van der Waals surface area contributed by atoms with E-state index in [4.69, 9.17) is 9.84 Å². The summed E-state index contributed by atoms with van der Waals surface area (Å²) < 4.78 is 57.2. The third-order valence-corrected chi connectivity index (χ3v) is 14.5. The molecule has 20 heteroatoms. The summed E-state index contributed by atoms with van der Waals surface area (Å²) in [5, 5.41) is 13.7. The molecule has 4 aromatic heterocycles. The monoisotopic (exact) mass is 960 g/mol. The Morgan fingerprint density at radius 1 is 0.857 bits per heavy atom. The van der Waals surface area contributed by atoms with Crippen LogP contribution in [-0.2, 0) is 42.8 Å².